The maximum atomic E-state index is 13.1. The molecular formula is C23H29N3O6. The first-order valence-electron chi connectivity index (χ1n) is 10.6. The Morgan fingerprint density at radius 1 is 1.28 bits per heavy atom. The first-order chi connectivity index (χ1) is 15.3. The predicted octanol–water partition coefficient (Wildman–Crippen LogP) is 2.77. The van der Waals surface area contributed by atoms with Crippen molar-refractivity contribution in [3.05, 3.63) is 52.2 Å². The summed E-state index contributed by atoms with van der Waals surface area (Å²) in [5.74, 6) is -2.05. The van der Waals surface area contributed by atoms with Crippen molar-refractivity contribution >= 4 is 23.4 Å². The number of esters is 1. The zero-order chi connectivity index (χ0) is 23.6. The summed E-state index contributed by atoms with van der Waals surface area (Å²) >= 11 is 0. The average Bonchev–Trinajstić information content (AvgIpc) is 3.47. The van der Waals surface area contributed by atoms with E-state index in [1.54, 1.807) is 26.0 Å². The number of aliphatic hydroxyl groups excluding tert-OH is 1. The highest BCUT2D eigenvalue weighted by atomic mass is 16.5. The van der Waals surface area contributed by atoms with Crippen LogP contribution in [0.5, 0.6) is 0 Å². The third-order valence-corrected chi connectivity index (χ3v) is 5.97. The van der Waals surface area contributed by atoms with E-state index < -0.39 is 23.7 Å². The second-order valence-corrected chi connectivity index (χ2v) is 7.65. The smallest absolute Gasteiger partial charge is 0.354 e. The molecule has 172 valence electrons. The molecule has 1 aliphatic rings. The largest absolute Gasteiger partial charge is 0.507 e. The number of rotatable bonds is 8. The molecule has 1 saturated heterocycles. The number of ether oxygens (including phenoxy) is 1. The van der Waals surface area contributed by atoms with Crippen molar-refractivity contribution in [1.29, 1.82) is 0 Å². The zero-order valence-corrected chi connectivity index (χ0v) is 19.0. The molecule has 1 atom stereocenters. The number of aromatic amines is 1. The summed E-state index contributed by atoms with van der Waals surface area (Å²) < 4.78 is 10.3. The Balaban J connectivity index is 2.12. The van der Waals surface area contributed by atoms with Crippen molar-refractivity contribution < 1.29 is 28.6 Å². The number of ketones is 1. The van der Waals surface area contributed by atoms with Crippen molar-refractivity contribution in [2.75, 3.05) is 33.3 Å². The minimum Gasteiger partial charge on any atom is -0.507 e. The monoisotopic (exact) mass is 443 g/mol. The van der Waals surface area contributed by atoms with Gasteiger partial charge in [-0.3, -0.25) is 9.59 Å². The number of nitrogens with one attached hydrogen (secondary N) is 1. The van der Waals surface area contributed by atoms with E-state index in [0.717, 1.165) is 13.1 Å². The Morgan fingerprint density at radius 3 is 2.53 bits per heavy atom. The fourth-order valence-corrected chi connectivity index (χ4v) is 4.19. The van der Waals surface area contributed by atoms with Crippen LogP contribution in [0.4, 0.5) is 0 Å². The van der Waals surface area contributed by atoms with Gasteiger partial charge in [0.25, 0.3) is 11.7 Å². The van der Waals surface area contributed by atoms with E-state index in [4.69, 9.17) is 9.15 Å². The second kappa shape index (κ2) is 9.44. The van der Waals surface area contributed by atoms with Crippen LogP contribution in [0.2, 0.25) is 0 Å². The molecule has 0 unspecified atom stereocenters. The van der Waals surface area contributed by atoms with Crippen LogP contribution in [0.1, 0.15) is 53.0 Å². The lowest BCUT2D eigenvalue weighted by Gasteiger charge is -2.26. The molecule has 0 saturated carbocycles. The Hall–Kier alpha value is -3.33. The molecule has 0 radical (unpaired) electrons. The van der Waals surface area contributed by atoms with Gasteiger partial charge in [0.1, 0.15) is 23.3 Å². The Labute approximate surface area is 186 Å². The van der Waals surface area contributed by atoms with Crippen molar-refractivity contribution in [2.45, 2.75) is 33.7 Å². The van der Waals surface area contributed by atoms with Gasteiger partial charge in [-0.1, -0.05) is 13.8 Å². The van der Waals surface area contributed by atoms with Crippen LogP contribution < -0.4 is 0 Å². The normalized spacial score (nSPS) is 18.1. The molecule has 32 heavy (non-hydrogen) atoms. The summed E-state index contributed by atoms with van der Waals surface area (Å²) in [5.41, 5.74) is 1.32. The summed E-state index contributed by atoms with van der Waals surface area (Å²) in [7, 11) is 1.26. The molecule has 9 nitrogen and oxygen atoms in total. The maximum absolute atomic E-state index is 13.1. The number of aliphatic hydroxyl groups is 1. The molecule has 0 aromatic carbocycles. The third-order valence-electron chi connectivity index (χ3n) is 5.97. The fraction of sp³-hybridized carbons (Fsp3) is 0.435. The summed E-state index contributed by atoms with van der Waals surface area (Å²) in [5, 5.41) is 11.3. The molecule has 0 aliphatic carbocycles. The van der Waals surface area contributed by atoms with Crippen LogP contribution in [-0.4, -0.2) is 70.8 Å². The Bertz CT molecular complexity index is 1050. The molecule has 0 spiro atoms. The van der Waals surface area contributed by atoms with Crippen LogP contribution in [0.15, 0.2) is 28.4 Å². The highest BCUT2D eigenvalue weighted by Crippen LogP contribution is 2.40. The zero-order valence-electron chi connectivity index (χ0n) is 19.0. The molecule has 9 heteroatoms. The molecule has 1 amide bonds. The van der Waals surface area contributed by atoms with Gasteiger partial charge in [0.15, 0.2) is 0 Å². The van der Waals surface area contributed by atoms with Crippen LogP contribution in [0.25, 0.3) is 5.76 Å². The minimum atomic E-state index is -0.865. The van der Waals surface area contributed by atoms with Crippen LogP contribution in [-0.2, 0) is 14.3 Å². The number of likely N-dealkylation sites (tertiary alicyclic amines) is 1. The van der Waals surface area contributed by atoms with Gasteiger partial charge < -0.3 is 29.0 Å². The van der Waals surface area contributed by atoms with E-state index in [0.29, 0.717) is 35.7 Å². The molecule has 2 aromatic heterocycles. The van der Waals surface area contributed by atoms with Crippen molar-refractivity contribution in [2.24, 2.45) is 0 Å². The standard InChI is InChI=1S/C23H29N3O6/c1-6-25(7-2)10-11-26-19(15-9-8-12-32-15)17(21(28)22(26)29)20(27)16-13(3)18(23(30)31-5)24-14(16)4/h8-9,12,19,24,27H,6-7,10-11H2,1-5H3/b20-17+/t19-/m0/s1. The van der Waals surface area contributed by atoms with Gasteiger partial charge in [-0.15, -0.1) is 0 Å². The third kappa shape index (κ3) is 3.95. The van der Waals surface area contributed by atoms with Gasteiger partial charge >= 0.3 is 5.97 Å². The molecule has 3 rings (SSSR count). The molecule has 2 N–H and O–H groups in total. The molecule has 1 aliphatic heterocycles. The SMILES string of the molecule is CCN(CC)CCN1C(=O)C(=O)/C(=C(/O)c2c(C)[nH]c(C(=O)OC)c2C)[C@@H]1c1ccco1. The summed E-state index contributed by atoms with van der Waals surface area (Å²) in [4.78, 5) is 44.6. The van der Waals surface area contributed by atoms with E-state index in [1.165, 1.54) is 18.3 Å². The minimum absolute atomic E-state index is 0.0638. The van der Waals surface area contributed by atoms with Gasteiger partial charge in [-0.05, 0) is 44.6 Å². The quantitative estimate of drug-likeness (QED) is 0.279. The highest BCUT2D eigenvalue weighted by molar-refractivity contribution is 6.46. The molecule has 1 fully saturated rings. The highest BCUT2D eigenvalue weighted by Gasteiger charge is 2.47. The van der Waals surface area contributed by atoms with Crippen molar-refractivity contribution in [1.82, 2.24) is 14.8 Å². The fourth-order valence-electron chi connectivity index (χ4n) is 4.19. The van der Waals surface area contributed by atoms with Crippen LogP contribution in [0, 0.1) is 13.8 Å². The molecule has 3 heterocycles. The number of carbonyl (C=O) groups excluding carboxylic acids is 3. The number of amides is 1. The summed E-state index contributed by atoms with van der Waals surface area (Å²) in [6, 6.07) is 2.48. The van der Waals surface area contributed by atoms with Gasteiger partial charge in [-0.25, -0.2) is 4.79 Å². The van der Waals surface area contributed by atoms with Crippen molar-refractivity contribution in [3.63, 3.8) is 0 Å². The number of carbonyl (C=O) groups is 3. The summed E-state index contributed by atoms with van der Waals surface area (Å²) in [6.07, 6.45) is 1.46. The van der Waals surface area contributed by atoms with Crippen LogP contribution in [0.3, 0.4) is 0 Å². The Kier molecular flexibility index (Phi) is 6.88. The number of hydrogen-bond acceptors (Lipinski definition) is 7. The molecule has 0 bridgehead atoms. The number of aromatic nitrogens is 1. The number of likely N-dealkylation sites (N-methyl/N-ethyl adjacent to an activating group) is 1. The lowest BCUT2D eigenvalue weighted by Crippen LogP contribution is -2.37. The van der Waals surface area contributed by atoms with Gasteiger partial charge in [0, 0.05) is 24.3 Å². The van der Waals surface area contributed by atoms with E-state index >= 15 is 0 Å². The Morgan fingerprint density at radius 2 is 1.97 bits per heavy atom. The number of hydrogen-bond donors (Lipinski definition) is 2. The number of furan rings is 1. The van der Waals surface area contributed by atoms with Crippen LogP contribution >= 0.6 is 0 Å². The lowest BCUT2D eigenvalue weighted by molar-refractivity contribution is -0.140. The number of Topliss-reactive ketones (excluding diaryl/α,β-unsaturated/α-hetero) is 1. The van der Waals surface area contributed by atoms with Crippen molar-refractivity contribution in [3.8, 4) is 0 Å². The topological polar surface area (TPSA) is 116 Å². The number of methoxy groups -OCH3 is 1. The molecular weight excluding hydrogens is 414 g/mol. The number of nitrogens with zero attached hydrogens (tertiary/aromatic N) is 2. The van der Waals surface area contributed by atoms with E-state index in [-0.39, 0.29) is 17.0 Å². The first kappa shape index (κ1) is 23.3. The van der Waals surface area contributed by atoms with E-state index in [9.17, 15) is 19.5 Å². The number of H-pyrrole nitrogens is 1. The second-order valence-electron chi connectivity index (χ2n) is 7.65. The first-order valence-corrected chi connectivity index (χ1v) is 10.6. The predicted molar refractivity (Wildman–Crippen MR) is 117 cm³/mol. The average molecular weight is 444 g/mol. The van der Waals surface area contributed by atoms with E-state index in [1.807, 2.05) is 13.8 Å². The number of aryl methyl sites for hydroxylation is 1. The van der Waals surface area contributed by atoms with Gasteiger partial charge in [-0.2, -0.15) is 0 Å². The van der Waals surface area contributed by atoms with Gasteiger partial charge in [0.05, 0.1) is 18.9 Å². The van der Waals surface area contributed by atoms with E-state index in [2.05, 4.69) is 9.88 Å². The molecule has 2 aromatic rings. The summed E-state index contributed by atoms with van der Waals surface area (Å²) in [6.45, 7) is 9.86. The van der Waals surface area contributed by atoms with Gasteiger partial charge in [0.2, 0.25) is 0 Å². The maximum Gasteiger partial charge on any atom is 0.354 e. The lowest BCUT2D eigenvalue weighted by atomic mass is 9.97.